The van der Waals surface area contributed by atoms with Crippen LogP contribution < -0.4 is 4.74 Å². The van der Waals surface area contributed by atoms with Crippen molar-refractivity contribution >= 4 is 32.7 Å². The van der Waals surface area contributed by atoms with Crippen LogP contribution in [0.4, 0.5) is 39.5 Å². The van der Waals surface area contributed by atoms with Gasteiger partial charge in [-0.15, -0.1) is 9.35 Å². The molecule has 0 spiro atoms. The third kappa shape index (κ3) is 3.93. The van der Waals surface area contributed by atoms with Crippen LogP contribution in [0.5, 0.6) is 5.75 Å². The van der Waals surface area contributed by atoms with E-state index in [2.05, 4.69) is 4.28 Å². The van der Waals surface area contributed by atoms with Crippen molar-refractivity contribution in [3.63, 3.8) is 0 Å². The zero-order valence-corrected chi connectivity index (χ0v) is 18.5. The molecule has 198 valence electrons. The predicted molar refractivity (Wildman–Crippen MR) is 101 cm³/mol. The van der Waals surface area contributed by atoms with Gasteiger partial charge in [-0.3, -0.25) is 9.59 Å². The zero-order valence-electron chi connectivity index (χ0n) is 17.7. The molecule has 17 heteroatoms. The number of hydrogen-bond acceptors (Lipinski definition) is 6. The molecule has 2 aromatic carbocycles. The monoisotopic (exact) mass is 553 g/mol. The minimum absolute atomic E-state index is 0.0446. The van der Waals surface area contributed by atoms with E-state index in [0.29, 0.717) is 0 Å². The molecule has 0 fully saturated rings. The zero-order chi connectivity index (χ0) is 27.6. The Bertz CT molecular complexity index is 1360. The van der Waals surface area contributed by atoms with E-state index in [1.807, 2.05) is 0 Å². The van der Waals surface area contributed by atoms with E-state index in [-0.39, 0.29) is 16.5 Å². The normalized spacial score (nSPS) is 15.7. The Morgan fingerprint density at radius 3 is 1.92 bits per heavy atom. The van der Waals surface area contributed by atoms with Crippen molar-refractivity contribution in [1.82, 2.24) is 5.06 Å². The first-order chi connectivity index (χ1) is 16.2. The lowest BCUT2D eigenvalue weighted by molar-refractivity contribution is -0.383. The number of carbonyl (C=O) groups is 2. The molecule has 0 aromatic heterocycles. The first kappa shape index (κ1) is 27.5. The summed E-state index contributed by atoms with van der Waals surface area (Å²) in [7, 11) is -7.54. The highest BCUT2D eigenvalue weighted by atomic mass is 32.2. The molecule has 0 aliphatic carbocycles. The van der Waals surface area contributed by atoms with Crippen molar-refractivity contribution in [3.8, 4) is 5.75 Å². The van der Waals surface area contributed by atoms with E-state index in [1.165, 1.54) is 18.2 Å². The van der Waals surface area contributed by atoms with Crippen LogP contribution in [0.2, 0.25) is 0 Å². The molecule has 0 atom stereocenters. The van der Waals surface area contributed by atoms with E-state index < -0.39 is 67.5 Å². The molecule has 1 aliphatic rings. The molecular formula is C19H12F9NO6S. The number of hydrogen-bond donors (Lipinski definition) is 0. The van der Waals surface area contributed by atoms with Crippen molar-refractivity contribution < 1.29 is 66.5 Å². The summed E-state index contributed by atoms with van der Waals surface area (Å²) in [5, 5.41) is -8.22. The van der Waals surface area contributed by atoms with E-state index in [1.54, 1.807) is 13.8 Å². The summed E-state index contributed by atoms with van der Waals surface area (Å²) >= 11 is 0. The SMILES string of the molecule is CC(C)Oc1cc2c3c(cccc3c1)C(=O)N(OS(=O)(=O)C(F)(F)C(F)(F)C(F)(F)C(F)(F)F)C2=O. The molecule has 0 saturated carbocycles. The first-order valence-electron chi connectivity index (χ1n) is 9.44. The lowest BCUT2D eigenvalue weighted by atomic mass is 9.94. The molecule has 3 rings (SSSR count). The van der Waals surface area contributed by atoms with Crippen molar-refractivity contribution in [2.24, 2.45) is 0 Å². The van der Waals surface area contributed by atoms with Crippen LogP contribution >= 0.6 is 0 Å². The van der Waals surface area contributed by atoms with Crippen LogP contribution in [0.25, 0.3) is 10.8 Å². The van der Waals surface area contributed by atoms with Gasteiger partial charge >= 0.3 is 33.4 Å². The van der Waals surface area contributed by atoms with Crippen LogP contribution in [0.15, 0.2) is 30.3 Å². The summed E-state index contributed by atoms with van der Waals surface area (Å²) in [6, 6.07) is 5.79. The Hall–Kier alpha value is -3.08. The van der Waals surface area contributed by atoms with Crippen LogP contribution in [0, 0.1) is 0 Å². The lowest BCUT2D eigenvalue weighted by Crippen LogP contribution is -2.64. The predicted octanol–water partition coefficient (Wildman–Crippen LogP) is 4.91. The molecule has 2 aromatic rings. The van der Waals surface area contributed by atoms with Gasteiger partial charge in [0.15, 0.2) is 0 Å². The number of alkyl halides is 9. The lowest BCUT2D eigenvalue weighted by Gasteiger charge is -2.33. The van der Waals surface area contributed by atoms with E-state index >= 15 is 0 Å². The van der Waals surface area contributed by atoms with Crippen molar-refractivity contribution in [1.29, 1.82) is 0 Å². The fourth-order valence-corrected chi connectivity index (χ4v) is 4.00. The van der Waals surface area contributed by atoms with Crippen molar-refractivity contribution in [3.05, 3.63) is 41.5 Å². The number of halogens is 9. The summed E-state index contributed by atoms with van der Waals surface area (Å²) in [6.07, 6.45) is -7.80. The Kier molecular flexibility index (Phi) is 6.28. The summed E-state index contributed by atoms with van der Waals surface area (Å²) in [6.45, 7) is 3.14. The summed E-state index contributed by atoms with van der Waals surface area (Å²) < 4.78 is 151. The van der Waals surface area contributed by atoms with Gasteiger partial charge in [-0.2, -0.15) is 47.9 Å². The van der Waals surface area contributed by atoms with Crippen molar-refractivity contribution in [2.45, 2.75) is 43.2 Å². The second-order valence-electron chi connectivity index (χ2n) is 7.64. The fourth-order valence-electron chi connectivity index (χ4n) is 3.13. The number of rotatable bonds is 7. The second-order valence-corrected chi connectivity index (χ2v) is 9.21. The van der Waals surface area contributed by atoms with Gasteiger partial charge in [0.05, 0.1) is 17.2 Å². The Morgan fingerprint density at radius 2 is 1.39 bits per heavy atom. The third-order valence-corrected chi connectivity index (χ3v) is 5.98. The molecule has 0 radical (unpaired) electrons. The van der Waals surface area contributed by atoms with Gasteiger partial charge in [0, 0.05) is 5.39 Å². The van der Waals surface area contributed by atoms with Gasteiger partial charge in [-0.1, -0.05) is 12.1 Å². The molecule has 0 unspecified atom stereocenters. The molecule has 2 amide bonds. The number of nitrogens with zero attached hydrogens (tertiary/aromatic N) is 1. The second kappa shape index (κ2) is 8.22. The van der Waals surface area contributed by atoms with Gasteiger partial charge in [-0.05, 0) is 37.4 Å². The Morgan fingerprint density at radius 1 is 0.833 bits per heavy atom. The Labute approximate surface area is 195 Å². The smallest absolute Gasteiger partial charge is 0.460 e. The maximum absolute atomic E-state index is 14.0. The highest BCUT2D eigenvalue weighted by Gasteiger charge is 2.86. The number of carbonyl (C=O) groups excluding carboxylic acids is 2. The largest absolute Gasteiger partial charge is 0.491 e. The molecule has 1 aliphatic heterocycles. The fraction of sp³-hybridized carbons (Fsp3) is 0.368. The average molecular weight is 553 g/mol. The average Bonchev–Trinajstić information content (AvgIpc) is 2.73. The molecular weight excluding hydrogens is 541 g/mol. The molecule has 36 heavy (non-hydrogen) atoms. The highest BCUT2D eigenvalue weighted by Crippen LogP contribution is 2.55. The summed E-state index contributed by atoms with van der Waals surface area (Å²) in [4.78, 5) is 25.4. The molecule has 1 heterocycles. The molecule has 0 N–H and O–H groups in total. The van der Waals surface area contributed by atoms with Gasteiger partial charge < -0.3 is 4.74 Å². The van der Waals surface area contributed by atoms with E-state index in [4.69, 9.17) is 4.74 Å². The molecule has 0 bridgehead atoms. The standard InChI is InChI=1S/C19H12F9NO6S/c1-8(2)34-10-6-9-4-3-5-11-13(9)12(7-10)15(31)29(14(11)30)35-36(32,33)19(27,28)17(22,23)16(20,21)18(24,25)26/h3-8H,1-2H3. The number of benzene rings is 2. The van der Waals surface area contributed by atoms with Gasteiger partial charge in [0.2, 0.25) is 0 Å². The van der Waals surface area contributed by atoms with Crippen LogP contribution in [-0.2, 0) is 14.4 Å². The minimum atomic E-state index is -7.62. The summed E-state index contributed by atoms with van der Waals surface area (Å²) in [5.74, 6) is -18.9. The summed E-state index contributed by atoms with van der Waals surface area (Å²) in [5.41, 5.74) is -1.17. The number of ether oxygens (including phenoxy) is 1. The maximum atomic E-state index is 14.0. The Balaban J connectivity index is 2.10. The van der Waals surface area contributed by atoms with Crippen LogP contribution in [0.1, 0.15) is 34.6 Å². The van der Waals surface area contributed by atoms with Gasteiger partial charge in [-0.25, -0.2) is 0 Å². The quantitative estimate of drug-likeness (QED) is 0.358. The molecule has 7 nitrogen and oxygen atoms in total. The maximum Gasteiger partial charge on any atom is 0.460 e. The molecule has 0 saturated heterocycles. The first-order valence-corrected chi connectivity index (χ1v) is 10.8. The van der Waals surface area contributed by atoms with Gasteiger partial charge in [0.1, 0.15) is 5.75 Å². The minimum Gasteiger partial charge on any atom is -0.491 e. The van der Waals surface area contributed by atoms with Crippen molar-refractivity contribution in [2.75, 3.05) is 0 Å². The highest BCUT2D eigenvalue weighted by molar-refractivity contribution is 7.87. The van der Waals surface area contributed by atoms with Crippen LogP contribution in [-0.4, -0.2) is 54.7 Å². The third-order valence-electron chi connectivity index (χ3n) is 4.75. The number of imide groups is 1. The topological polar surface area (TPSA) is 90.0 Å². The number of amides is 2. The van der Waals surface area contributed by atoms with Gasteiger partial charge in [0.25, 0.3) is 11.8 Å². The van der Waals surface area contributed by atoms with E-state index in [9.17, 15) is 57.5 Å². The van der Waals surface area contributed by atoms with E-state index in [0.717, 1.165) is 12.1 Å². The number of hydroxylamine groups is 2. The van der Waals surface area contributed by atoms with Crippen LogP contribution in [0.3, 0.4) is 0 Å².